The minimum atomic E-state index is -3.99. The number of piperidine rings is 1. The second-order valence-electron chi connectivity index (χ2n) is 5.05. The zero-order valence-electron chi connectivity index (χ0n) is 11.3. The molecular weight excluding hydrogens is 401 g/mol. The van der Waals surface area contributed by atoms with Crippen LogP contribution in [-0.2, 0) is 9.05 Å². The molecule has 1 fully saturated rings. The second-order valence-corrected chi connectivity index (χ2v) is 8.79. The molecule has 0 bridgehead atoms. The molecule has 1 atom stereocenters. The van der Waals surface area contributed by atoms with Gasteiger partial charge in [-0.2, -0.15) is 0 Å². The van der Waals surface area contributed by atoms with Crippen molar-refractivity contribution < 1.29 is 13.2 Å². The molecule has 116 valence electrons. The molecule has 4 nitrogen and oxygen atoms in total. The van der Waals surface area contributed by atoms with Gasteiger partial charge in [-0.1, -0.05) is 11.6 Å². The van der Waals surface area contributed by atoms with Gasteiger partial charge < -0.3 is 4.90 Å². The third kappa shape index (κ3) is 3.73. The molecular formula is C13H14BrCl2NO3S. The number of rotatable bonds is 2. The van der Waals surface area contributed by atoms with Crippen LogP contribution >= 0.6 is 38.2 Å². The van der Waals surface area contributed by atoms with Crippen molar-refractivity contribution >= 4 is 53.2 Å². The standard InChI is InChI=1S/C13H14BrCl2NO3S/c1-8-4-2-3-5-17(8)13(18)9-6-10(15)12(14)11(7-9)21(16,19)20/h6-8H,2-5H2,1H3. The first-order chi connectivity index (χ1) is 9.71. The molecule has 8 heteroatoms. The molecule has 0 radical (unpaired) electrons. The SMILES string of the molecule is CC1CCCCN1C(=O)c1cc(Cl)c(Br)c(S(=O)(=O)Cl)c1. The molecule has 0 N–H and O–H groups in total. The van der Waals surface area contributed by atoms with Crippen molar-refractivity contribution in [3.8, 4) is 0 Å². The van der Waals surface area contributed by atoms with E-state index in [0.29, 0.717) is 6.54 Å². The molecule has 0 spiro atoms. The fraction of sp³-hybridized carbons (Fsp3) is 0.462. The van der Waals surface area contributed by atoms with Crippen molar-refractivity contribution in [2.24, 2.45) is 0 Å². The van der Waals surface area contributed by atoms with Gasteiger partial charge in [0.15, 0.2) is 0 Å². The fourth-order valence-corrected chi connectivity index (χ4v) is 4.81. The van der Waals surface area contributed by atoms with Gasteiger partial charge in [0.25, 0.3) is 15.0 Å². The van der Waals surface area contributed by atoms with Crippen LogP contribution in [0.4, 0.5) is 0 Å². The van der Waals surface area contributed by atoms with E-state index in [9.17, 15) is 13.2 Å². The molecule has 1 heterocycles. The van der Waals surface area contributed by atoms with Crippen LogP contribution < -0.4 is 0 Å². The van der Waals surface area contributed by atoms with Crippen LogP contribution in [0.25, 0.3) is 0 Å². The van der Waals surface area contributed by atoms with Crippen LogP contribution in [0.1, 0.15) is 36.5 Å². The Labute approximate surface area is 142 Å². The molecule has 1 aromatic rings. The molecule has 0 aliphatic carbocycles. The highest BCUT2D eigenvalue weighted by Crippen LogP contribution is 2.34. The number of hydrogen-bond donors (Lipinski definition) is 0. The highest BCUT2D eigenvalue weighted by atomic mass is 79.9. The minimum Gasteiger partial charge on any atom is -0.336 e. The summed E-state index contributed by atoms with van der Waals surface area (Å²) in [7, 11) is 1.40. The van der Waals surface area contributed by atoms with Crippen LogP contribution in [-0.4, -0.2) is 31.8 Å². The summed E-state index contributed by atoms with van der Waals surface area (Å²) < 4.78 is 23.3. The van der Waals surface area contributed by atoms with Crippen molar-refractivity contribution in [2.75, 3.05) is 6.54 Å². The number of carbonyl (C=O) groups is 1. The van der Waals surface area contributed by atoms with Crippen LogP contribution in [0.3, 0.4) is 0 Å². The van der Waals surface area contributed by atoms with Crippen LogP contribution in [0, 0.1) is 0 Å². The molecule has 21 heavy (non-hydrogen) atoms. The quantitative estimate of drug-likeness (QED) is 0.686. The Bertz CT molecular complexity index is 678. The number of amides is 1. The van der Waals surface area contributed by atoms with Gasteiger partial charge in [-0.3, -0.25) is 4.79 Å². The molecule has 1 amide bonds. The molecule has 0 aromatic heterocycles. The Morgan fingerprint density at radius 2 is 2.05 bits per heavy atom. The zero-order chi connectivity index (χ0) is 15.8. The summed E-state index contributed by atoms with van der Waals surface area (Å²) in [6.45, 7) is 2.65. The first-order valence-electron chi connectivity index (χ1n) is 6.46. The molecule has 2 rings (SSSR count). The number of benzene rings is 1. The number of carbonyl (C=O) groups excluding carboxylic acids is 1. The predicted molar refractivity (Wildman–Crippen MR) is 86.5 cm³/mol. The van der Waals surface area contributed by atoms with Gasteiger partial charge in [0.05, 0.1) is 14.4 Å². The Hall–Kier alpha value is -0.300. The number of hydrogen-bond acceptors (Lipinski definition) is 3. The first kappa shape index (κ1) is 17.1. The third-order valence-corrected chi connectivity index (χ3v) is 6.56. The maximum Gasteiger partial charge on any atom is 0.262 e. The maximum absolute atomic E-state index is 12.6. The predicted octanol–water partition coefficient (Wildman–Crippen LogP) is 4.04. The van der Waals surface area contributed by atoms with E-state index in [0.717, 1.165) is 19.3 Å². The Morgan fingerprint density at radius 3 is 2.62 bits per heavy atom. The van der Waals surface area contributed by atoms with E-state index in [4.69, 9.17) is 22.3 Å². The average Bonchev–Trinajstić information content (AvgIpc) is 2.40. The van der Waals surface area contributed by atoms with E-state index in [1.54, 1.807) is 4.90 Å². The average molecular weight is 415 g/mol. The van der Waals surface area contributed by atoms with Gasteiger partial charge in [0.2, 0.25) is 0 Å². The van der Waals surface area contributed by atoms with Gasteiger partial charge in [0.1, 0.15) is 0 Å². The fourth-order valence-electron chi connectivity index (χ4n) is 2.43. The van der Waals surface area contributed by atoms with Crippen molar-refractivity contribution in [3.63, 3.8) is 0 Å². The third-order valence-electron chi connectivity index (χ3n) is 3.57. The Balaban J connectivity index is 2.45. The number of halogens is 3. The van der Waals surface area contributed by atoms with E-state index in [-0.39, 0.29) is 31.9 Å². The molecule has 0 saturated carbocycles. The lowest BCUT2D eigenvalue weighted by atomic mass is 10.0. The van der Waals surface area contributed by atoms with Gasteiger partial charge in [0, 0.05) is 28.8 Å². The van der Waals surface area contributed by atoms with Gasteiger partial charge >= 0.3 is 0 Å². The highest BCUT2D eigenvalue weighted by molar-refractivity contribution is 9.10. The van der Waals surface area contributed by atoms with Crippen molar-refractivity contribution in [3.05, 3.63) is 27.2 Å². The van der Waals surface area contributed by atoms with Crippen molar-refractivity contribution in [1.29, 1.82) is 0 Å². The monoisotopic (exact) mass is 413 g/mol. The topological polar surface area (TPSA) is 54.5 Å². The smallest absolute Gasteiger partial charge is 0.262 e. The van der Waals surface area contributed by atoms with Gasteiger partial charge in [-0.25, -0.2) is 8.42 Å². The lowest BCUT2D eigenvalue weighted by Crippen LogP contribution is -2.42. The van der Waals surface area contributed by atoms with Crippen molar-refractivity contribution in [2.45, 2.75) is 37.1 Å². The summed E-state index contributed by atoms with van der Waals surface area (Å²) in [5.74, 6) is -0.224. The summed E-state index contributed by atoms with van der Waals surface area (Å²) in [5, 5.41) is 0.143. The lowest BCUT2D eigenvalue weighted by Gasteiger charge is -2.33. The second kappa shape index (κ2) is 6.44. The maximum atomic E-state index is 12.6. The summed E-state index contributed by atoms with van der Waals surface area (Å²) in [4.78, 5) is 14.1. The zero-order valence-corrected chi connectivity index (χ0v) is 15.2. The summed E-state index contributed by atoms with van der Waals surface area (Å²) in [6.07, 6.45) is 2.98. The number of likely N-dealkylation sites (tertiary alicyclic amines) is 1. The van der Waals surface area contributed by atoms with E-state index >= 15 is 0 Å². The summed E-state index contributed by atoms with van der Waals surface area (Å²) in [5.41, 5.74) is 0.233. The molecule has 1 saturated heterocycles. The largest absolute Gasteiger partial charge is 0.336 e. The molecule has 1 unspecified atom stereocenters. The van der Waals surface area contributed by atoms with Gasteiger partial charge in [-0.05, 0) is 54.2 Å². The van der Waals surface area contributed by atoms with Crippen LogP contribution in [0.15, 0.2) is 21.5 Å². The molecule has 1 aromatic carbocycles. The Kier molecular flexibility index (Phi) is 5.23. The number of nitrogens with zero attached hydrogens (tertiary/aromatic N) is 1. The Morgan fingerprint density at radius 1 is 1.38 bits per heavy atom. The first-order valence-corrected chi connectivity index (χ1v) is 9.94. The van der Waals surface area contributed by atoms with Crippen LogP contribution in [0.2, 0.25) is 5.02 Å². The highest BCUT2D eigenvalue weighted by Gasteiger charge is 2.27. The van der Waals surface area contributed by atoms with E-state index in [1.165, 1.54) is 12.1 Å². The summed E-state index contributed by atoms with van der Waals surface area (Å²) in [6, 6.07) is 2.85. The van der Waals surface area contributed by atoms with E-state index in [2.05, 4.69) is 15.9 Å². The lowest BCUT2D eigenvalue weighted by molar-refractivity contribution is 0.0635. The molecule has 1 aliphatic rings. The molecule has 1 aliphatic heterocycles. The van der Waals surface area contributed by atoms with E-state index in [1.807, 2.05) is 6.92 Å². The summed E-state index contributed by atoms with van der Waals surface area (Å²) >= 11 is 9.09. The van der Waals surface area contributed by atoms with Crippen LogP contribution in [0.5, 0.6) is 0 Å². The van der Waals surface area contributed by atoms with Gasteiger partial charge in [-0.15, -0.1) is 0 Å². The van der Waals surface area contributed by atoms with Crippen molar-refractivity contribution in [1.82, 2.24) is 4.90 Å². The van der Waals surface area contributed by atoms with E-state index < -0.39 is 9.05 Å². The minimum absolute atomic E-state index is 0.129. The normalized spacial score (nSPS) is 19.6.